The molecule has 0 spiro atoms. The molecule has 0 saturated heterocycles. The molecule has 0 bridgehead atoms. The topological polar surface area (TPSA) is 141 Å². The Bertz CT molecular complexity index is 1550. The molecule has 1 amide bonds. The highest BCUT2D eigenvalue weighted by Crippen LogP contribution is 2.29. The number of hydrogen-bond donors (Lipinski definition) is 1. The quantitative estimate of drug-likeness (QED) is 0.390. The molecule has 11 nitrogen and oxygen atoms in total. The first-order chi connectivity index (χ1) is 17.2. The van der Waals surface area contributed by atoms with Crippen molar-refractivity contribution in [2.75, 3.05) is 5.73 Å². The van der Waals surface area contributed by atoms with E-state index >= 15 is 0 Å². The molecule has 5 rings (SSSR count). The third-order valence-electron chi connectivity index (χ3n) is 5.56. The summed E-state index contributed by atoms with van der Waals surface area (Å²) in [5.41, 5.74) is 6.71. The minimum Gasteiger partial charge on any atom is -0.380 e. The van der Waals surface area contributed by atoms with Crippen molar-refractivity contribution in [1.29, 1.82) is 0 Å². The van der Waals surface area contributed by atoms with Gasteiger partial charge in [0.2, 0.25) is 5.65 Å². The zero-order chi connectivity index (χ0) is 25.4. The number of fused-ring (bicyclic) bond motifs is 3. The molecule has 0 aliphatic rings. The van der Waals surface area contributed by atoms with Gasteiger partial charge in [0.1, 0.15) is 5.82 Å². The van der Waals surface area contributed by atoms with Crippen LogP contribution in [0.5, 0.6) is 0 Å². The Balaban J connectivity index is 1.55. The van der Waals surface area contributed by atoms with Crippen LogP contribution in [-0.2, 0) is 12.7 Å². The Kier molecular flexibility index (Phi) is 5.62. The van der Waals surface area contributed by atoms with Crippen LogP contribution in [0.1, 0.15) is 40.4 Å². The lowest BCUT2D eigenvalue weighted by Crippen LogP contribution is -2.34. The van der Waals surface area contributed by atoms with Crippen LogP contribution in [0.25, 0.3) is 16.7 Å². The van der Waals surface area contributed by atoms with Crippen molar-refractivity contribution in [2.45, 2.75) is 25.7 Å². The first-order valence-electron chi connectivity index (χ1n) is 10.6. The van der Waals surface area contributed by atoms with Gasteiger partial charge in [0.25, 0.3) is 5.91 Å². The van der Waals surface area contributed by atoms with E-state index in [2.05, 4.69) is 35.5 Å². The van der Waals surface area contributed by atoms with E-state index < -0.39 is 23.7 Å². The van der Waals surface area contributed by atoms with Gasteiger partial charge in [0.15, 0.2) is 5.82 Å². The molecule has 0 fully saturated rings. The van der Waals surface area contributed by atoms with Crippen molar-refractivity contribution in [3.05, 3.63) is 77.6 Å². The van der Waals surface area contributed by atoms with Crippen LogP contribution >= 0.6 is 0 Å². The van der Waals surface area contributed by atoms with Crippen LogP contribution in [0.4, 0.5) is 19.0 Å². The first-order valence-corrected chi connectivity index (χ1v) is 10.6. The van der Waals surface area contributed by atoms with Gasteiger partial charge in [0.05, 0.1) is 34.9 Å². The van der Waals surface area contributed by atoms with Gasteiger partial charge in [-0.25, -0.2) is 15.0 Å². The van der Waals surface area contributed by atoms with Crippen LogP contribution in [0.3, 0.4) is 0 Å². The molecule has 36 heavy (non-hydrogen) atoms. The Morgan fingerprint density at radius 3 is 2.61 bits per heavy atom. The van der Waals surface area contributed by atoms with Gasteiger partial charge in [-0.1, -0.05) is 0 Å². The summed E-state index contributed by atoms with van der Waals surface area (Å²) in [4.78, 5) is 31.8. The molecule has 1 aromatic carbocycles. The van der Waals surface area contributed by atoms with Crippen LogP contribution < -0.4 is 5.73 Å². The highest BCUT2D eigenvalue weighted by Gasteiger charge is 2.31. The molecule has 0 saturated carbocycles. The lowest BCUT2D eigenvalue weighted by molar-refractivity contribution is -0.137. The minimum atomic E-state index is -4.52. The Morgan fingerprint density at radius 2 is 1.92 bits per heavy atom. The molecule has 0 aliphatic heterocycles. The molecule has 2 N–H and O–H groups in total. The summed E-state index contributed by atoms with van der Waals surface area (Å²) in [6, 6.07) is 7.92. The van der Waals surface area contributed by atoms with Crippen molar-refractivity contribution in [3.8, 4) is 0 Å². The predicted molar refractivity (Wildman–Crippen MR) is 120 cm³/mol. The van der Waals surface area contributed by atoms with E-state index in [9.17, 15) is 18.0 Å². The van der Waals surface area contributed by atoms with Crippen molar-refractivity contribution in [1.82, 2.24) is 44.9 Å². The number of rotatable bonds is 5. The highest BCUT2D eigenvalue weighted by molar-refractivity contribution is 5.98. The minimum absolute atomic E-state index is 0.0886. The molecule has 4 aromatic heterocycles. The Morgan fingerprint density at radius 1 is 1.14 bits per heavy atom. The second-order valence-electron chi connectivity index (χ2n) is 7.87. The molecule has 4 heterocycles. The van der Waals surface area contributed by atoms with Gasteiger partial charge in [-0.2, -0.15) is 17.7 Å². The number of carbonyl (C=O) groups excluding carboxylic acids is 1. The molecular formula is C22H17F3N10O. The average Bonchev–Trinajstić information content (AvgIpc) is 3.38. The normalized spacial score (nSPS) is 12.7. The summed E-state index contributed by atoms with van der Waals surface area (Å²) in [6.45, 7) is 1.63. The molecule has 0 unspecified atom stereocenters. The van der Waals surface area contributed by atoms with Crippen LogP contribution in [-0.4, -0.2) is 50.8 Å². The van der Waals surface area contributed by atoms with E-state index in [-0.39, 0.29) is 29.3 Å². The number of alkyl halides is 3. The van der Waals surface area contributed by atoms with Gasteiger partial charge in [-0.05, 0) is 53.7 Å². The van der Waals surface area contributed by atoms with Gasteiger partial charge in [-0.3, -0.25) is 9.78 Å². The van der Waals surface area contributed by atoms with Crippen LogP contribution in [0.2, 0.25) is 0 Å². The fraction of sp³-hybridized carbons (Fsp3) is 0.182. The second-order valence-corrected chi connectivity index (χ2v) is 7.87. The number of carbonyl (C=O) groups is 1. The highest BCUT2D eigenvalue weighted by atomic mass is 19.4. The lowest BCUT2D eigenvalue weighted by Gasteiger charge is -2.28. The summed E-state index contributed by atoms with van der Waals surface area (Å²) < 4.78 is 40.3. The number of nitrogen functional groups attached to an aromatic ring is 1. The number of tetrazole rings is 1. The van der Waals surface area contributed by atoms with Crippen molar-refractivity contribution >= 4 is 28.4 Å². The lowest BCUT2D eigenvalue weighted by atomic mass is 10.1. The number of hydrogen-bond acceptors (Lipinski definition) is 9. The number of pyridine rings is 1. The van der Waals surface area contributed by atoms with Crippen molar-refractivity contribution in [3.63, 3.8) is 0 Å². The first kappa shape index (κ1) is 23.0. The van der Waals surface area contributed by atoms with Gasteiger partial charge in [0, 0.05) is 24.2 Å². The van der Waals surface area contributed by atoms with Crippen molar-refractivity contribution in [2.24, 2.45) is 0 Å². The summed E-state index contributed by atoms with van der Waals surface area (Å²) >= 11 is 0. The third kappa shape index (κ3) is 4.23. The summed E-state index contributed by atoms with van der Waals surface area (Å²) in [6.07, 6.45) is -0.699. The third-order valence-corrected chi connectivity index (χ3v) is 5.56. The summed E-state index contributed by atoms with van der Waals surface area (Å²) in [7, 11) is 0. The number of halogens is 3. The number of amides is 1. The largest absolute Gasteiger partial charge is 0.417 e. The summed E-state index contributed by atoms with van der Waals surface area (Å²) in [5.74, 6) is 0.0592. The number of nitrogens with zero attached hydrogens (tertiary/aromatic N) is 9. The molecule has 0 aliphatic carbocycles. The van der Waals surface area contributed by atoms with E-state index in [1.165, 1.54) is 15.5 Å². The number of nitrogens with two attached hydrogens (primary N) is 1. The van der Waals surface area contributed by atoms with E-state index in [1.807, 2.05) is 0 Å². The smallest absolute Gasteiger partial charge is 0.380 e. The maximum Gasteiger partial charge on any atom is 0.417 e. The SMILES string of the molecule is C[C@H](c1ncccn1)N(Cc1ccc(C(F)(F)F)cn1)C(=O)c1ccc2nc(N)c3nnnn3c2c1. The average molecular weight is 494 g/mol. The Labute approximate surface area is 200 Å². The molecule has 5 aromatic rings. The van der Waals surface area contributed by atoms with Gasteiger partial charge < -0.3 is 10.6 Å². The van der Waals surface area contributed by atoms with Gasteiger partial charge in [-0.15, -0.1) is 5.10 Å². The van der Waals surface area contributed by atoms with Crippen LogP contribution in [0.15, 0.2) is 55.0 Å². The van der Waals surface area contributed by atoms with Crippen molar-refractivity contribution < 1.29 is 18.0 Å². The van der Waals surface area contributed by atoms with Crippen LogP contribution in [0, 0.1) is 0 Å². The molecular weight excluding hydrogens is 477 g/mol. The number of benzene rings is 1. The standard InChI is InChI=1S/C22H17F3N10O/c1-12(19-27-7-2-8-28-19)34(11-15-5-4-14(10-29-15)22(23,24)25)21(36)13-3-6-16-17(9-13)35-20(18(26)30-16)31-32-33-35/h2-10,12H,11H2,1H3,(H2,26,30)/t12-/m1/s1. The van der Waals surface area contributed by atoms with E-state index in [0.717, 1.165) is 12.3 Å². The fourth-order valence-electron chi connectivity index (χ4n) is 3.69. The number of aromatic nitrogens is 8. The molecule has 0 radical (unpaired) electrons. The van der Waals surface area contributed by atoms with E-state index in [0.29, 0.717) is 16.9 Å². The Hall–Kier alpha value is -4.75. The zero-order valence-electron chi connectivity index (χ0n) is 18.6. The second kappa shape index (κ2) is 8.79. The molecule has 1 atom stereocenters. The zero-order valence-corrected chi connectivity index (χ0v) is 18.6. The summed E-state index contributed by atoms with van der Waals surface area (Å²) in [5, 5.41) is 11.4. The fourth-order valence-corrected chi connectivity index (χ4v) is 3.69. The van der Waals surface area contributed by atoms with E-state index in [1.54, 1.807) is 43.6 Å². The maximum absolute atomic E-state index is 13.7. The molecule has 182 valence electrons. The molecule has 14 heteroatoms. The monoisotopic (exact) mass is 494 g/mol. The predicted octanol–water partition coefficient (Wildman–Crippen LogP) is 2.86. The maximum atomic E-state index is 13.7. The van der Waals surface area contributed by atoms with Gasteiger partial charge >= 0.3 is 6.18 Å². The number of anilines is 1. The van der Waals surface area contributed by atoms with E-state index in [4.69, 9.17) is 5.73 Å².